The number of nitrogens with two attached hydrogens (primary N) is 1. The number of fused-ring (bicyclic) bond motifs is 1. The summed E-state index contributed by atoms with van der Waals surface area (Å²) in [7, 11) is 1.57. The Kier molecular flexibility index (Phi) is 2.73. The van der Waals surface area contributed by atoms with Crippen LogP contribution in [0.1, 0.15) is 18.9 Å². The molecule has 2 aromatic rings. The van der Waals surface area contributed by atoms with Crippen LogP contribution in [0.15, 0.2) is 12.1 Å². The maximum absolute atomic E-state index is 11.2. The predicted molar refractivity (Wildman–Crippen MR) is 69.8 cm³/mol. The number of imidazole rings is 1. The minimum atomic E-state index is 0.0739. The molecule has 1 unspecified atom stereocenters. The van der Waals surface area contributed by atoms with E-state index in [1.54, 1.807) is 13.2 Å². The molecule has 0 bridgehead atoms. The number of hydrogen-bond acceptors (Lipinski definition) is 5. The number of carbonyl (C=O) groups is 1. The van der Waals surface area contributed by atoms with Crippen LogP contribution in [0.3, 0.4) is 0 Å². The number of pyridine rings is 1. The van der Waals surface area contributed by atoms with Gasteiger partial charge in [0.1, 0.15) is 5.52 Å². The topological polar surface area (TPSA) is 95.1 Å². The molecule has 2 aromatic heterocycles. The van der Waals surface area contributed by atoms with Crippen molar-refractivity contribution < 1.29 is 9.53 Å². The molecule has 1 aliphatic rings. The summed E-state index contributed by atoms with van der Waals surface area (Å²) in [5, 5.41) is 2.84. The molecule has 3 N–H and O–H groups in total. The first-order valence-corrected chi connectivity index (χ1v) is 6.14. The van der Waals surface area contributed by atoms with Gasteiger partial charge in [-0.1, -0.05) is 0 Å². The van der Waals surface area contributed by atoms with E-state index in [2.05, 4.69) is 15.3 Å². The summed E-state index contributed by atoms with van der Waals surface area (Å²) < 4.78 is 7.00. The second kappa shape index (κ2) is 4.42. The van der Waals surface area contributed by atoms with E-state index in [1.807, 2.05) is 10.6 Å². The molecule has 1 amide bonds. The van der Waals surface area contributed by atoms with Crippen molar-refractivity contribution in [2.75, 3.05) is 19.4 Å². The van der Waals surface area contributed by atoms with E-state index < -0.39 is 0 Å². The van der Waals surface area contributed by atoms with Crippen LogP contribution < -0.4 is 15.8 Å². The van der Waals surface area contributed by atoms with Crippen LogP contribution in [0.4, 0.5) is 5.95 Å². The number of nitrogens with zero attached hydrogens (tertiary/aromatic N) is 3. The third kappa shape index (κ3) is 1.96. The van der Waals surface area contributed by atoms with Crippen molar-refractivity contribution in [3.05, 3.63) is 12.1 Å². The Morgan fingerprint density at radius 2 is 2.32 bits per heavy atom. The van der Waals surface area contributed by atoms with E-state index in [-0.39, 0.29) is 11.9 Å². The molecular weight excluding hydrogens is 246 g/mol. The van der Waals surface area contributed by atoms with Gasteiger partial charge in [0.25, 0.3) is 0 Å². The minimum absolute atomic E-state index is 0.0739. The number of carbonyl (C=O) groups excluding carboxylic acids is 1. The number of ether oxygens (including phenoxy) is 1. The largest absolute Gasteiger partial charge is 0.481 e. The molecule has 3 heterocycles. The third-order valence-corrected chi connectivity index (χ3v) is 3.35. The van der Waals surface area contributed by atoms with Crippen LogP contribution >= 0.6 is 0 Å². The number of nitrogen functional groups attached to an aromatic ring is 1. The molecule has 1 atom stereocenters. The number of nitrogens with one attached hydrogen (secondary N) is 1. The Morgan fingerprint density at radius 3 is 3.00 bits per heavy atom. The summed E-state index contributed by atoms with van der Waals surface area (Å²) in [5.74, 6) is 1.01. The van der Waals surface area contributed by atoms with Gasteiger partial charge in [0.15, 0.2) is 5.65 Å². The van der Waals surface area contributed by atoms with E-state index in [1.165, 1.54) is 0 Å². The van der Waals surface area contributed by atoms with Crippen molar-refractivity contribution in [1.82, 2.24) is 19.9 Å². The molecule has 19 heavy (non-hydrogen) atoms. The summed E-state index contributed by atoms with van der Waals surface area (Å²) >= 11 is 0. The lowest BCUT2D eigenvalue weighted by Crippen LogP contribution is -2.36. The molecule has 1 saturated heterocycles. The maximum Gasteiger partial charge on any atom is 0.220 e. The quantitative estimate of drug-likeness (QED) is 0.819. The Labute approximate surface area is 109 Å². The summed E-state index contributed by atoms with van der Waals surface area (Å²) in [4.78, 5) is 19.9. The zero-order chi connectivity index (χ0) is 13.4. The molecule has 0 spiro atoms. The number of anilines is 1. The van der Waals surface area contributed by atoms with E-state index in [0.717, 1.165) is 11.9 Å². The average molecular weight is 261 g/mol. The number of piperidine rings is 1. The van der Waals surface area contributed by atoms with Crippen molar-refractivity contribution in [2.45, 2.75) is 18.9 Å². The van der Waals surface area contributed by atoms with Crippen LogP contribution in [-0.2, 0) is 4.79 Å². The van der Waals surface area contributed by atoms with Gasteiger partial charge in [-0.15, -0.1) is 0 Å². The fourth-order valence-electron chi connectivity index (χ4n) is 2.39. The smallest absolute Gasteiger partial charge is 0.220 e. The zero-order valence-electron chi connectivity index (χ0n) is 10.6. The van der Waals surface area contributed by atoms with Gasteiger partial charge >= 0.3 is 0 Å². The van der Waals surface area contributed by atoms with Gasteiger partial charge in [-0.2, -0.15) is 4.98 Å². The Balaban J connectivity index is 2.06. The van der Waals surface area contributed by atoms with Crippen molar-refractivity contribution in [1.29, 1.82) is 0 Å². The molecular formula is C12H15N5O2. The Morgan fingerprint density at radius 1 is 1.47 bits per heavy atom. The fourth-order valence-corrected chi connectivity index (χ4v) is 2.39. The van der Waals surface area contributed by atoms with Crippen LogP contribution in [0, 0.1) is 0 Å². The molecule has 7 heteroatoms. The molecule has 7 nitrogen and oxygen atoms in total. The lowest BCUT2D eigenvalue weighted by Gasteiger charge is -2.24. The number of methoxy groups -OCH3 is 1. The van der Waals surface area contributed by atoms with E-state index in [9.17, 15) is 4.79 Å². The molecule has 0 radical (unpaired) electrons. The minimum Gasteiger partial charge on any atom is -0.481 e. The lowest BCUT2D eigenvalue weighted by molar-refractivity contribution is -0.122. The highest BCUT2D eigenvalue weighted by Gasteiger charge is 2.24. The molecule has 3 rings (SSSR count). The standard InChI is InChI=1S/C12H15N5O2/c1-19-10-5-3-8-11(16-10)17(12(13)15-8)7-2-4-9(18)14-6-7/h3,5,7H,2,4,6H2,1H3,(H2,13,15)(H,14,18). The SMILES string of the molecule is COc1ccc2nc(N)n(C3CCC(=O)NC3)c2n1. The van der Waals surface area contributed by atoms with Crippen molar-refractivity contribution in [3.8, 4) is 5.88 Å². The third-order valence-electron chi connectivity index (χ3n) is 3.35. The first-order valence-electron chi connectivity index (χ1n) is 6.14. The van der Waals surface area contributed by atoms with Crippen molar-refractivity contribution in [3.63, 3.8) is 0 Å². The maximum atomic E-state index is 11.2. The Hall–Kier alpha value is -2.31. The van der Waals surface area contributed by atoms with Crippen molar-refractivity contribution >= 4 is 23.0 Å². The fraction of sp³-hybridized carbons (Fsp3) is 0.417. The van der Waals surface area contributed by atoms with Gasteiger partial charge in [0, 0.05) is 19.0 Å². The summed E-state index contributed by atoms with van der Waals surface area (Å²) in [5.41, 5.74) is 7.39. The van der Waals surface area contributed by atoms with Crippen LogP contribution in [-0.4, -0.2) is 34.1 Å². The number of rotatable bonds is 2. The highest BCUT2D eigenvalue weighted by Crippen LogP contribution is 2.27. The van der Waals surface area contributed by atoms with Gasteiger partial charge in [-0.25, -0.2) is 4.98 Å². The van der Waals surface area contributed by atoms with E-state index in [0.29, 0.717) is 30.4 Å². The van der Waals surface area contributed by atoms with Crippen LogP contribution in [0.5, 0.6) is 5.88 Å². The molecule has 1 aliphatic heterocycles. The molecule has 0 aromatic carbocycles. The number of hydrogen-bond donors (Lipinski definition) is 2. The Bertz CT molecular complexity index is 626. The normalized spacial score (nSPS) is 19.4. The highest BCUT2D eigenvalue weighted by molar-refractivity contribution is 5.78. The van der Waals surface area contributed by atoms with Gasteiger partial charge in [-0.05, 0) is 12.5 Å². The predicted octanol–water partition coefficient (Wildman–Crippen LogP) is 0.473. The zero-order valence-corrected chi connectivity index (χ0v) is 10.6. The second-order valence-electron chi connectivity index (χ2n) is 4.53. The van der Waals surface area contributed by atoms with Crippen LogP contribution in [0.25, 0.3) is 11.2 Å². The molecule has 100 valence electrons. The molecule has 1 fully saturated rings. The first kappa shape index (κ1) is 11.8. The number of aromatic nitrogens is 3. The highest BCUT2D eigenvalue weighted by atomic mass is 16.5. The summed E-state index contributed by atoms with van der Waals surface area (Å²) in [6, 6.07) is 3.67. The van der Waals surface area contributed by atoms with Gasteiger partial charge in [0.05, 0.1) is 13.2 Å². The van der Waals surface area contributed by atoms with E-state index in [4.69, 9.17) is 10.5 Å². The lowest BCUT2D eigenvalue weighted by atomic mass is 10.1. The molecule has 0 aliphatic carbocycles. The summed E-state index contributed by atoms with van der Waals surface area (Å²) in [6.45, 7) is 0.549. The average Bonchev–Trinajstić information content (AvgIpc) is 2.75. The molecule has 0 saturated carbocycles. The summed E-state index contributed by atoms with van der Waals surface area (Å²) in [6.07, 6.45) is 1.23. The van der Waals surface area contributed by atoms with Gasteiger partial charge < -0.3 is 15.8 Å². The van der Waals surface area contributed by atoms with Crippen LogP contribution in [0.2, 0.25) is 0 Å². The number of amides is 1. The first-order chi connectivity index (χ1) is 9.19. The van der Waals surface area contributed by atoms with E-state index >= 15 is 0 Å². The second-order valence-corrected chi connectivity index (χ2v) is 4.53. The van der Waals surface area contributed by atoms with Gasteiger partial charge in [0.2, 0.25) is 17.7 Å². The van der Waals surface area contributed by atoms with Crippen molar-refractivity contribution in [2.24, 2.45) is 0 Å². The monoisotopic (exact) mass is 261 g/mol. The van der Waals surface area contributed by atoms with Gasteiger partial charge in [-0.3, -0.25) is 9.36 Å².